The molecule has 0 fully saturated rings. The first kappa shape index (κ1) is 28.8. The number of rotatable bonds is 4. The summed E-state index contributed by atoms with van der Waals surface area (Å²) in [5.74, 6) is -0.926. The van der Waals surface area contributed by atoms with Gasteiger partial charge in [0.25, 0.3) is 0 Å². The lowest BCUT2D eigenvalue weighted by Crippen LogP contribution is -2.32. The third kappa shape index (κ3) is 6.39. The number of anilines is 3. The van der Waals surface area contributed by atoms with E-state index in [-0.39, 0.29) is 29.2 Å². The van der Waals surface area contributed by atoms with Crippen molar-refractivity contribution in [1.82, 2.24) is 0 Å². The molecule has 7 heteroatoms. The molecule has 3 rings (SSSR count). The maximum absolute atomic E-state index is 13.3. The Balaban J connectivity index is 2.26. The smallest absolute Gasteiger partial charge is 0.229 e. The van der Waals surface area contributed by atoms with E-state index >= 15 is 0 Å². The van der Waals surface area contributed by atoms with Gasteiger partial charge in [0.2, 0.25) is 17.7 Å². The van der Waals surface area contributed by atoms with Crippen LogP contribution in [0.3, 0.4) is 0 Å². The molecule has 0 bridgehead atoms. The predicted molar refractivity (Wildman–Crippen MR) is 153 cm³/mol. The monoisotopic (exact) mass is 517 g/mol. The molecule has 2 aromatic rings. The van der Waals surface area contributed by atoms with Crippen molar-refractivity contribution in [3.05, 3.63) is 59.2 Å². The summed E-state index contributed by atoms with van der Waals surface area (Å²) < 4.78 is 0. The normalized spacial score (nSPS) is 13.8. The lowest BCUT2D eigenvalue weighted by atomic mass is 9.86. The summed E-state index contributed by atoms with van der Waals surface area (Å²) in [5, 5.41) is 8.89. The third-order valence-electron chi connectivity index (χ3n) is 6.29. The van der Waals surface area contributed by atoms with Crippen molar-refractivity contribution in [3.63, 3.8) is 0 Å². The zero-order valence-corrected chi connectivity index (χ0v) is 23.9. The molecular weight excluding hydrogens is 478 g/mol. The van der Waals surface area contributed by atoms with Gasteiger partial charge in [-0.25, -0.2) is 0 Å². The number of allylic oxidation sites excluding steroid dienone is 2. The van der Waals surface area contributed by atoms with Crippen molar-refractivity contribution in [2.75, 3.05) is 16.0 Å². The van der Waals surface area contributed by atoms with Crippen LogP contribution in [-0.4, -0.2) is 23.5 Å². The fourth-order valence-corrected chi connectivity index (χ4v) is 3.73. The number of carbonyl (C=O) groups excluding carboxylic acids is 4. The zero-order valence-electron chi connectivity index (χ0n) is 23.9. The molecule has 0 heterocycles. The Hall–Kier alpha value is -3.74. The standard InChI is InChI=1S/C31H39N3O4/c1-29(2,3)26(36)32-22-15-14-21(19-16-18-12-10-11-13-20(18)23(35)17-19)24(33-27(37)30(4,5)6)25(22)34-28(38)31(7,8)9/h10-15,17H,16H2,1-9H3,(H,32,36)(H,33,37)(H,34,38). The summed E-state index contributed by atoms with van der Waals surface area (Å²) in [5.41, 5.74) is 1.64. The summed E-state index contributed by atoms with van der Waals surface area (Å²) in [6.45, 7) is 16.1. The van der Waals surface area contributed by atoms with Crippen LogP contribution in [0, 0.1) is 16.2 Å². The minimum atomic E-state index is -0.744. The van der Waals surface area contributed by atoms with Crippen LogP contribution in [0.5, 0.6) is 0 Å². The Morgan fingerprint density at radius 1 is 0.632 bits per heavy atom. The Labute approximate surface area is 225 Å². The topological polar surface area (TPSA) is 104 Å². The molecule has 3 amide bonds. The molecule has 1 aliphatic rings. The van der Waals surface area contributed by atoms with Crippen molar-refractivity contribution < 1.29 is 19.2 Å². The molecule has 1 aliphatic carbocycles. The first-order valence-corrected chi connectivity index (χ1v) is 12.8. The van der Waals surface area contributed by atoms with Crippen LogP contribution >= 0.6 is 0 Å². The fraction of sp³-hybridized carbons (Fsp3) is 0.419. The van der Waals surface area contributed by atoms with Crippen LogP contribution in [0.4, 0.5) is 17.1 Å². The van der Waals surface area contributed by atoms with Gasteiger partial charge in [0.15, 0.2) is 5.78 Å². The number of fused-ring (bicyclic) bond motifs is 1. The van der Waals surface area contributed by atoms with Crippen LogP contribution in [0.2, 0.25) is 0 Å². The van der Waals surface area contributed by atoms with E-state index in [2.05, 4.69) is 16.0 Å². The first-order chi connectivity index (χ1) is 17.4. The van der Waals surface area contributed by atoms with Gasteiger partial charge >= 0.3 is 0 Å². The maximum Gasteiger partial charge on any atom is 0.229 e. The summed E-state index contributed by atoms with van der Waals surface area (Å²) >= 11 is 0. The average Bonchev–Trinajstić information content (AvgIpc) is 2.79. The molecule has 0 aromatic heterocycles. The highest BCUT2D eigenvalue weighted by atomic mass is 16.2. The molecule has 0 atom stereocenters. The van der Waals surface area contributed by atoms with Crippen molar-refractivity contribution >= 4 is 46.1 Å². The van der Waals surface area contributed by atoms with Crippen LogP contribution < -0.4 is 16.0 Å². The summed E-state index contributed by atoms with van der Waals surface area (Å²) in [4.78, 5) is 52.4. The van der Waals surface area contributed by atoms with E-state index in [1.54, 1.807) is 86.6 Å². The van der Waals surface area contributed by atoms with Crippen molar-refractivity contribution in [1.29, 1.82) is 0 Å². The van der Waals surface area contributed by atoms with Gasteiger partial charge in [0.05, 0.1) is 17.1 Å². The van der Waals surface area contributed by atoms with Crippen LogP contribution in [0.1, 0.15) is 83.8 Å². The van der Waals surface area contributed by atoms with Gasteiger partial charge in [-0.2, -0.15) is 0 Å². The van der Waals surface area contributed by atoms with Crippen LogP contribution in [-0.2, 0) is 20.8 Å². The number of nitrogens with one attached hydrogen (secondary N) is 3. The minimum absolute atomic E-state index is 0.125. The van der Waals surface area contributed by atoms with Crippen molar-refractivity contribution in [2.24, 2.45) is 16.2 Å². The van der Waals surface area contributed by atoms with E-state index < -0.39 is 16.2 Å². The molecule has 202 valence electrons. The zero-order chi connectivity index (χ0) is 28.6. The number of hydrogen-bond donors (Lipinski definition) is 3. The Kier molecular flexibility index (Phi) is 7.74. The Morgan fingerprint density at radius 2 is 1.13 bits per heavy atom. The number of hydrogen-bond acceptors (Lipinski definition) is 4. The molecule has 0 saturated heterocycles. The molecule has 0 saturated carbocycles. The van der Waals surface area contributed by atoms with Crippen molar-refractivity contribution in [2.45, 2.75) is 68.7 Å². The molecule has 0 spiro atoms. The van der Waals surface area contributed by atoms with Gasteiger partial charge in [0, 0.05) is 27.4 Å². The number of ketones is 1. The predicted octanol–water partition coefficient (Wildman–Crippen LogP) is 6.46. The molecule has 38 heavy (non-hydrogen) atoms. The SMILES string of the molecule is CC(C)(C)C(=O)Nc1ccc(C2=CC(=O)c3ccccc3C2)c(NC(=O)C(C)(C)C)c1NC(=O)C(C)(C)C. The third-order valence-corrected chi connectivity index (χ3v) is 6.29. The second-order valence-corrected chi connectivity index (χ2v) is 12.9. The van der Waals surface area contributed by atoms with E-state index in [0.29, 0.717) is 34.5 Å². The highest BCUT2D eigenvalue weighted by molar-refractivity contribution is 6.15. The van der Waals surface area contributed by atoms with Gasteiger partial charge in [-0.3, -0.25) is 19.2 Å². The lowest BCUT2D eigenvalue weighted by molar-refractivity contribution is -0.124. The number of benzene rings is 2. The van der Waals surface area contributed by atoms with Gasteiger partial charge < -0.3 is 16.0 Å². The maximum atomic E-state index is 13.3. The van der Waals surface area contributed by atoms with E-state index in [9.17, 15) is 19.2 Å². The quantitative estimate of drug-likeness (QED) is 0.433. The summed E-state index contributed by atoms with van der Waals surface area (Å²) in [6.07, 6.45) is 2.05. The molecule has 0 radical (unpaired) electrons. The van der Waals surface area contributed by atoms with Gasteiger partial charge in [-0.05, 0) is 29.7 Å². The van der Waals surface area contributed by atoms with E-state index in [4.69, 9.17) is 0 Å². The highest BCUT2D eigenvalue weighted by Crippen LogP contribution is 2.42. The van der Waals surface area contributed by atoms with Gasteiger partial charge in [0.1, 0.15) is 0 Å². The Bertz CT molecular complexity index is 1330. The first-order valence-electron chi connectivity index (χ1n) is 12.8. The summed E-state index contributed by atoms with van der Waals surface area (Å²) in [7, 11) is 0. The molecule has 3 N–H and O–H groups in total. The van der Waals surface area contributed by atoms with Crippen LogP contribution in [0.15, 0.2) is 42.5 Å². The number of amides is 3. The lowest BCUT2D eigenvalue weighted by Gasteiger charge is -2.28. The van der Waals surface area contributed by atoms with E-state index in [0.717, 1.165) is 5.56 Å². The average molecular weight is 518 g/mol. The van der Waals surface area contributed by atoms with Crippen LogP contribution in [0.25, 0.3) is 5.57 Å². The van der Waals surface area contributed by atoms with Gasteiger partial charge in [-0.1, -0.05) is 92.6 Å². The summed E-state index contributed by atoms with van der Waals surface area (Å²) in [6, 6.07) is 10.9. The minimum Gasteiger partial charge on any atom is -0.324 e. The number of carbonyl (C=O) groups is 4. The second kappa shape index (κ2) is 10.2. The molecular formula is C31H39N3O4. The molecule has 7 nitrogen and oxygen atoms in total. The largest absolute Gasteiger partial charge is 0.324 e. The van der Waals surface area contributed by atoms with E-state index in [1.165, 1.54) is 0 Å². The molecule has 0 aliphatic heterocycles. The molecule has 0 unspecified atom stereocenters. The second-order valence-electron chi connectivity index (χ2n) is 12.9. The highest BCUT2D eigenvalue weighted by Gasteiger charge is 2.31. The van der Waals surface area contributed by atoms with E-state index in [1.807, 2.05) is 18.2 Å². The van der Waals surface area contributed by atoms with Crippen molar-refractivity contribution in [3.8, 4) is 0 Å². The fourth-order valence-electron chi connectivity index (χ4n) is 3.73. The Morgan fingerprint density at radius 3 is 1.68 bits per heavy atom. The van der Waals surface area contributed by atoms with Gasteiger partial charge in [-0.15, -0.1) is 0 Å². The molecule has 2 aromatic carbocycles.